The summed E-state index contributed by atoms with van der Waals surface area (Å²) in [7, 11) is 0. The molecule has 1 N–H and O–H groups in total. The summed E-state index contributed by atoms with van der Waals surface area (Å²) in [6, 6.07) is 12.0. The first-order chi connectivity index (χ1) is 15.0. The molecule has 0 aliphatic heterocycles. The number of carbonyl (C=O) groups is 1. The van der Waals surface area contributed by atoms with Crippen LogP contribution in [0, 0.1) is 0 Å². The van der Waals surface area contributed by atoms with Crippen molar-refractivity contribution < 1.29 is 27.8 Å². The van der Waals surface area contributed by atoms with Gasteiger partial charge in [0.15, 0.2) is 11.5 Å². The standard InChI is InChI=1S/C23H25FN2O5/c1-4-28-19-8-6-5-7-18(19)22(27)25-12-17-13-29-23(26-17)16-9-10-20(30-14-24)21(11-16)31-15(2)3/h5-11,13,15H,4,12,14H2,1-3H3,(H,25,27). The van der Waals surface area contributed by atoms with Crippen molar-refractivity contribution in [3.63, 3.8) is 0 Å². The summed E-state index contributed by atoms with van der Waals surface area (Å²) >= 11 is 0. The van der Waals surface area contributed by atoms with E-state index in [9.17, 15) is 9.18 Å². The van der Waals surface area contributed by atoms with Gasteiger partial charge in [-0.05, 0) is 51.1 Å². The Bertz CT molecular complexity index is 1020. The second kappa shape index (κ2) is 10.5. The average Bonchev–Trinajstić information content (AvgIpc) is 3.23. The normalized spacial score (nSPS) is 10.7. The zero-order valence-electron chi connectivity index (χ0n) is 17.7. The minimum atomic E-state index is -0.955. The Labute approximate surface area is 180 Å². The molecule has 0 bridgehead atoms. The fraction of sp³-hybridized carbons (Fsp3) is 0.304. The van der Waals surface area contributed by atoms with Gasteiger partial charge in [0.2, 0.25) is 12.8 Å². The highest BCUT2D eigenvalue weighted by Gasteiger charge is 2.15. The summed E-state index contributed by atoms with van der Waals surface area (Å²) in [5.74, 6) is 1.29. The summed E-state index contributed by atoms with van der Waals surface area (Å²) in [6.45, 7) is 5.28. The van der Waals surface area contributed by atoms with Crippen LogP contribution in [0.25, 0.3) is 11.5 Å². The fourth-order valence-corrected chi connectivity index (χ4v) is 2.89. The van der Waals surface area contributed by atoms with Crippen molar-refractivity contribution in [1.82, 2.24) is 10.3 Å². The number of benzene rings is 2. The molecular formula is C23H25FN2O5. The zero-order chi connectivity index (χ0) is 22.2. The number of halogens is 1. The van der Waals surface area contributed by atoms with Crippen molar-refractivity contribution in [2.75, 3.05) is 13.5 Å². The van der Waals surface area contributed by atoms with Crippen molar-refractivity contribution in [2.45, 2.75) is 33.4 Å². The van der Waals surface area contributed by atoms with Crippen molar-refractivity contribution >= 4 is 5.91 Å². The second-order valence-electron chi connectivity index (χ2n) is 6.84. The van der Waals surface area contributed by atoms with Crippen LogP contribution in [0.5, 0.6) is 17.2 Å². The van der Waals surface area contributed by atoms with E-state index in [0.717, 1.165) is 0 Å². The first-order valence-corrected chi connectivity index (χ1v) is 9.96. The minimum absolute atomic E-state index is 0.118. The van der Waals surface area contributed by atoms with Gasteiger partial charge in [-0.2, -0.15) is 0 Å². The maximum atomic E-state index is 12.6. The maximum absolute atomic E-state index is 12.6. The number of nitrogens with zero attached hydrogens (tertiary/aromatic N) is 1. The molecule has 164 valence electrons. The number of aromatic nitrogens is 1. The summed E-state index contributed by atoms with van der Waals surface area (Å²) in [5, 5.41) is 2.81. The van der Waals surface area contributed by atoms with Crippen molar-refractivity contribution in [1.29, 1.82) is 0 Å². The van der Waals surface area contributed by atoms with E-state index in [1.165, 1.54) is 6.26 Å². The van der Waals surface area contributed by atoms with Crippen LogP contribution >= 0.6 is 0 Å². The lowest BCUT2D eigenvalue weighted by Gasteiger charge is -2.14. The molecule has 31 heavy (non-hydrogen) atoms. The topological polar surface area (TPSA) is 82.8 Å². The van der Waals surface area contributed by atoms with Crippen LogP contribution in [0.3, 0.4) is 0 Å². The second-order valence-corrected chi connectivity index (χ2v) is 6.84. The highest BCUT2D eigenvalue weighted by atomic mass is 19.1. The first kappa shape index (κ1) is 22.1. The molecule has 3 aromatic rings. The van der Waals surface area contributed by atoms with E-state index in [0.29, 0.717) is 46.6 Å². The van der Waals surface area contributed by atoms with Gasteiger partial charge in [0.1, 0.15) is 12.0 Å². The number of hydrogen-bond acceptors (Lipinski definition) is 6. The van der Waals surface area contributed by atoms with Gasteiger partial charge in [-0.25, -0.2) is 9.37 Å². The van der Waals surface area contributed by atoms with E-state index >= 15 is 0 Å². The Morgan fingerprint density at radius 2 is 1.94 bits per heavy atom. The number of hydrogen-bond donors (Lipinski definition) is 1. The van der Waals surface area contributed by atoms with Gasteiger partial charge >= 0.3 is 0 Å². The van der Waals surface area contributed by atoms with Gasteiger partial charge in [0, 0.05) is 5.56 Å². The Morgan fingerprint density at radius 3 is 2.68 bits per heavy atom. The largest absolute Gasteiger partial charge is 0.493 e. The van der Waals surface area contributed by atoms with Crippen LogP contribution in [-0.2, 0) is 6.54 Å². The molecule has 0 aliphatic carbocycles. The molecule has 0 fully saturated rings. The zero-order valence-corrected chi connectivity index (χ0v) is 17.7. The number of ether oxygens (including phenoxy) is 3. The molecule has 0 saturated carbocycles. The number of rotatable bonds is 10. The monoisotopic (exact) mass is 428 g/mol. The number of para-hydroxylation sites is 1. The van der Waals surface area contributed by atoms with E-state index in [2.05, 4.69) is 10.3 Å². The Morgan fingerprint density at radius 1 is 1.13 bits per heavy atom. The summed E-state index contributed by atoms with van der Waals surface area (Å²) in [6.07, 6.45) is 1.35. The van der Waals surface area contributed by atoms with E-state index < -0.39 is 6.86 Å². The fourth-order valence-electron chi connectivity index (χ4n) is 2.89. The number of nitrogens with one attached hydrogen (secondary N) is 1. The molecule has 1 heterocycles. The van der Waals surface area contributed by atoms with Crippen LogP contribution < -0.4 is 19.5 Å². The first-order valence-electron chi connectivity index (χ1n) is 9.96. The molecule has 0 spiro atoms. The summed E-state index contributed by atoms with van der Waals surface area (Å²) in [5.41, 5.74) is 1.64. The van der Waals surface area contributed by atoms with Crippen LogP contribution in [-0.4, -0.2) is 30.5 Å². The smallest absolute Gasteiger partial charge is 0.255 e. The SMILES string of the molecule is CCOc1ccccc1C(=O)NCc1coc(-c2ccc(OCF)c(OC(C)C)c2)n1. The van der Waals surface area contributed by atoms with E-state index in [1.54, 1.807) is 36.4 Å². The van der Waals surface area contributed by atoms with Gasteiger partial charge < -0.3 is 23.9 Å². The molecule has 0 atom stereocenters. The molecule has 8 heteroatoms. The molecule has 2 aromatic carbocycles. The van der Waals surface area contributed by atoms with Crippen molar-refractivity contribution in [3.8, 4) is 28.7 Å². The number of alkyl halides is 1. The molecule has 1 amide bonds. The third-order valence-electron chi connectivity index (χ3n) is 4.18. The van der Waals surface area contributed by atoms with E-state index in [4.69, 9.17) is 18.6 Å². The molecule has 7 nitrogen and oxygen atoms in total. The Balaban J connectivity index is 1.71. The van der Waals surface area contributed by atoms with Gasteiger partial charge in [-0.15, -0.1) is 0 Å². The van der Waals surface area contributed by atoms with Crippen LogP contribution in [0.1, 0.15) is 36.8 Å². The highest BCUT2D eigenvalue weighted by molar-refractivity contribution is 5.96. The average molecular weight is 428 g/mol. The third-order valence-corrected chi connectivity index (χ3v) is 4.18. The molecule has 1 aromatic heterocycles. The Kier molecular flexibility index (Phi) is 7.48. The predicted octanol–water partition coefficient (Wildman–Crippen LogP) is 4.76. The van der Waals surface area contributed by atoms with E-state index in [-0.39, 0.29) is 18.6 Å². The van der Waals surface area contributed by atoms with Crippen LogP contribution in [0.15, 0.2) is 53.1 Å². The molecule has 0 aliphatic rings. The number of carbonyl (C=O) groups excluding carboxylic acids is 1. The van der Waals surface area contributed by atoms with Gasteiger partial charge in [-0.3, -0.25) is 4.79 Å². The van der Waals surface area contributed by atoms with Crippen molar-refractivity contribution in [2.24, 2.45) is 0 Å². The van der Waals surface area contributed by atoms with Crippen molar-refractivity contribution in [3.05, 3.63) is 60.0 Å². The molecule has 0 unspecified atom stereocenters. The van der Waals surface area contributed by atoms with Gasteiger partial charge in [0.05, 0.1) is 30.5 Å². The molecular weight excluding hydrogens is 403 g/mol. The summed E-state index contributed by atoms with van der Waals surface area (Å²) < 4.78 is 34.3. The van der Waals surface area contributed by atoms with E-state index in [1.807, 2.05) is 26.8 Å². The lowest BCUT2D eigenvalue weighted by atomic mass is 10.2. The van der Waals surface area contributed by atoms with Crippen LogP contribution in [0.2, 0.25) is 0 Å². The number of oxazole rings is 1. The number of amides is 1. The van der Waals surface area contributed by atoms with Crippen LogP contribution in [0.4, 0.5) is 4.39 Å². The lowest BCUT2D eigenvalue weighted by molar-refractivity contribution is 0.0946. The third kappa shape index (κ3) is 5.75. The lowest BCUT2D eigenvalue weighted by Crippen LogP contribution is -2.23. The highest BCUT2D eigenvalue weighted by Crippen LogP contribution is 2.33. The minimum Gasteiger partial charge on any atom is -0.493 e. The predicted molar refractivity (Wildman–Crippen MR) is 113 cm³/mol. The maximum Gasteiger partial charge on any atom is 0.255 e. The molecule has 0 saturated heterocycles. The Hall–Kier alpha value is -3.55. The van der Waals surface area contributed by atoms with Gasteiger partial charge in [0.25, 0.3) is 5.91 Å². The molecule has 0 radical (unpaired) electrons. The quantitative estimate of drug-likeness (QED) is 0.501. The molecule has 3 rings (SSSR count). The van der Waals surface area contributed by atoms with Gasteiger partial charge in [-0.1, -0.05) is 12.1 Å². The summed E-state index contributed by atoms with van der Waals surface area (Å²) in [4.78, 5) is 16.9.